The van der Waals surface area contributed by atoms with E-state index in [1.807, 2.05) is 20.8 Å². The molecule has 0 aliphatic rings. The van der Waals surface area contributed by atoms with Crippen molar-refractivity contribution in [1.29, 1.82) is 0 Å². The molecule has 2 aromatic rings. The Hall–Kier alpha value is -1.98. The van der Waals surface area contributed by atoms with Gasteiger partial charge in [-0.1, -0.05) is 20.8 Å². The fraction of sp³-hybridized carbons (Fsp3) is 0.538. The van der Waals surface area contributed by atoms with Crippen LogP contribution in [-0.4, -0.2) is 24.7 Å². The molecule has 0 radical (unpaired) electrons. The number of rotatable bonds is 4. The highest BCUT2D eigenvalue weighted by molar-refractivity contribution is 5.48. The van der Waals surface area contributed by atoms with Crippen LogP contribution in [0.25, 0.3) is 5.82 Å². The highest BCUT2D eigenvalue weighted by Crippen LogP contribution is 2.18. The lowest BCUT2D eigenvalue weighted by Crippen LogP contribution is -2.12. The van der Waals surface area contributed by atoms with Crippen molar-refractivity contribution >= 4 is 5.82 Å². The number of nitrogens with zero attached hydrogens (tertiary/aromatic N) is 5. The van der Waals surface area contributed by atoms with E-state index in [0.717, 1.165) is 48.1 Å². The monoisotopic (exact) mass is 260 g/mol. The van der Waals surface area contributed by atoms with Gasteiger partial charge in [0.15, 0.2) is 11.6 Å². The van der Waals surface area contributed by atoms with Crippen LogP contribution >= 0.6 is 0 Å². The normalized spacial score (nSPS) is 10.9. The van der Waals surface area contributed by atoms with Gasteiger partial charge in [0.1, 0.15) is 17.5 Å². The predicted octanol–water partition coefficient (Wildman–Crippen LogP) is 1.64. The zero-order valence-corrected chi connectivity index (χ0v) is 11.9. The topological polar surface area (TPSA) is 82.5 Å². The third-order valence-electron chi connectivity index (χ3n) is 3.07. The summed E-state index contributed by atoms with van der Waals surface area (Å²) in [6, 6.07) is 0. The van der Waals surface area contributed by atoms with Crippen molar-refractivity contribution in [2.45, 2.75) is 47.0 Å². The Labute approximate surface area is 113 Å². The van der Waals surface area contributed by atoms with E-state index in [-0.39, 0.29) is 0 Å². The molecule has 0 bridgehead atoms. The maximum atomic E-state index is 5.95. The summed E-state index contributed by atoms with van der Waals surface area (Å²) in [6.07, 6.45) is 2.35. The molecule has 2 aromatic heterocycles. The molecule has 0 amide bonds. The minimum Gasteiger partial charge on any atom is -0.383 e. The molecule has 0 aromatic carbocycles. The molecule has 0 saturated carbocycles. The average Bonchev–Trinajstić information content (AvgIpc) is 2.84. The molecule has 0 saturated heterocycles. The number of aryl methyl sites for hydroxylation is 3. The Morgan fingerprint density at radius 2 is 1.63 bits per heavy atom. The van der Waals surface area contributed by atoms with Gasteiger partial charge < -0.3 is 5.73 Å². The Balaban J connectivity index is 2.63. The van der Waals surface area contributed by atoms with Gasteiger partial charge in [0.25, 0.3) is 0 Å². The van der Waals surface area contributed by atoms with Crippen LogP contribution in [0.1, 0.15) is 43.8 Å². The van der Waals surface area contributed by atoms with Crippen molar-refractivity contribution in [3.63, 3.8) is 0 Å². The van der Waals surface area contributed by atoms with Crippen LogP contribution in [0.4, 0.5) is 5.82 Å². The van der Waals surface area contributed by atoms with E-state index in [1.165, 1.54) is 0 Å². The van der Waals surface area contributed by atoms with E-state index in [0.29, 0.717) is 5.82 Å². The summed E-state index contributed by atoms with van der Waals surface area (Å²) in [7, 11) is 0. The molecule has 2 rings (SSSR count). The summed E-state index contributed by atoms with van der Waals surface area (Å²) >= 11 is 0. The molecule has 6 nitrogen and oxygen atoms in total. The highest BCUT2D eigenvalue weighted by Gasteiger charge is 2.15. The quantitative estimate of drug-likeness (QED) is 0.903. The van der Waals surface area contributed by atoms with E-state index in [2.05, 4.69) is 27.0 Å². The summed E-state index contributed by atoms with van der Waals surface area (Å²) in [5.41, 5.74) is 6.80. The first-order valence-corrected chi connectivity index (χ1v) is 6.68. The van der Waals surface area contributed by atoms with Gasteiger partial charge in [-0.2, -0.15) is 4.68 Å². The standard InChI is InChI=1S/C13H20N6/c1-5-9-16-12(14)8(4)13(17-9)19-11(7-3)15-10(6-2)18-19/h5-7H2,1-4H3,(H2,14,16,17). The van der Waals surface area contributed by atoms with Crippen LogP contribution in [0, 0.1) is 6.92 Å². The molecule has 19 heavy (non-hydrogen) atoms. The second kappa shape index (κ2) is 5.34. The number of nitrogens with two attached hydrogens (primary N) is 1. The SMILES string of the molecule is CCc1nc(N)c(C)c(-n2nc(CC)nc2CC)n1. The van der Waals surface area contributed by atoms with Crippen LogP contribution in [-0.2, 0) is 19.3 Å². The first-order valence-electron chi connectivity index (χ1n) is 6.68. The Morgan fingerprint density at radius 3 is 2.21 bits per heavy atom. The molecular weight excluding hydrogens is 240 g/mol. The molecule has 0 spiro atoms. The van der Waals surface area contributed by atoms with Crippen molar-refractivity contribution in [2.24, 2.45) is 0 Å². The lowest BCUT2D eigenvalue weighted by molar-refractivity contribution is 0.748. The van der Waals surface area contributed by atoms with Gasteiger partial charge >= 0.3 is 0 Å². The minimum absolute atomic E-state index is 0.512. The molecule has 0 aliphatic carbocycles. The Bertz CT molecular complexity index is 587. The van der Waals surface area contributed by atoms with Crippen LogP contribution < -0.4 is 5.73 Å². The highest BCUT2D eigenvalue weighted by atomic mass is 15.4. The first kappa shape index (κ1) is 13.5. The smallest absolute Gasteiger partial charge is 0.164 e. The average molecular weight is 260 g/mol. The fourth-order valence-electron chi connectivity index (χ4n) is 1.87. The molecule has 6 heteroatoms. The van der Waals surface area contributed by atoms with E-state index in [1.54, 1.807) is 4.68 Å². The van der Waals surface area contributed by atoms with Crippen LogP contribution in [0.2, 0.25) is 0 Å². The first-order chi connectivity index (χ1) is 9.10. The van der Waals surface area contributed by atoms with E-state index in [9.17, 15) is 0 Å². The minimum atomic E-state index is 0.512. The number of hydrogen-bond donors (Lipinski definition) is 1. The zero-order chi connectivity index (χ0) is 14.0. The van der Waals surface area contributed by atoms with Crippen molar-refractivity contribution in [3.05, 3.63) is 23.0 Å². The molecule has 0 fully saturated rings. The summed E-state index contributed by atoms with van der Waals surface area (Å²) in [6.45, 7) is 8.02. The lowest BCUT2D eigenvalue weighted by Gasteiger charge is -2.10. The van der Waals surface area contributed by atoms with Crippen LogP contribution in [0.15, 0.2) is 0 Å². The number of aromatic nitrogens is 5. The predicted molar refractivity (Wildman–Crippen MR) is 74.2 cm³/mol. The second-order valence-corrected chi connectivity index (χ2v) is 4.39. The molecule has 0 atom stereocenters. The van der Waals surface area contributed by atoms with Crippen molar-refractivity contribution in [2.75, 3.05) is 5.73 Å². The molecule has 0 aliphatic heterocycles. The van der Waals surface area contributed by atoms with Gasteiger partial charge in [-0.05, 0) is 6.92 Å². The largest absolute Gasteiger partial charge is 0.383 e. The Kier molecular flexibility index (Phi) is 3.78. The fourth-order valence-corrected chi connectivity index (χ4v) is 1.87. The van der Waals surface area contributed by atoms with Gasteiger partial charge in [0.2, 0.25) is 0 Å². The third kappa shape index (κ3) is 2.43. The van der Waals surface area contributed by atoms with Crippen molar-refractivity contribution in [3.8, 4) is 5.82 Å². The summed E-state index contributed by atoms with van der Waals surface area (Å²) in [5.74, 6) is 3.71. The van der Waals surface area contributed by atoms with Crippen molar-refractivity contribution < 1.29 is 0 Å². The lowest BCUT2D eigenvalue weighted by atomic mass is 10.3. The zero-order valence-electron chi connectivity index (χ0n) is 11.9. The maximum absolute atomic E-state index is 5.95. The summed E-state index contributed by atoms with van der Waals surface area (Å²) in [5, 5.41) is 4.51. The van der Waals surface area contributed by atoms with Gasteiger partial charge in [0, 0.05) is 24.8 Å². The van der Waals surface area contributed by atoms with Crippen LogP contribution in [0.3, 0.4) is 0 Å². The summed E-state index contributed by atoms with van der Waals surface area (Å²) in [4.78, 5) is 13.3. The van der Waals surface area contributed by atoms with E-state index in [4.69, 9.17) is 5.73 Å². The van der Waals surface area contributed by atoms with Crippen LogP contribution in [0.5, 0.6) is 0 Å². The molecule has 102 valence electrons. The molecule has 0 unspecified atom stereocenters. The van der Waals surface area contributed by atoms with Gasteiger partial charge in [-0.3, -0.25) is 0 Å². The van der Waals surface area contributed by atoms with E-state index >= 15 is 0 Å². The molecule has 2 heterocycles. The Morgan fingerprint density at radius 1 is 0.947 bits per heavy atom. The maximum Gasteiger partial charge on any atom is 0.164 e. The summed E-state index contributed by atoms with van der Waals surface area (Å²) < 4.78 is 1.80. The molecule has 2 N–H and O–H groups in total. The van der Waals surface area contributed by atoms with Gasteiger partial charge in [-0.25, -0.2) is 15.0 Å². The van der Waals surface area contributed by atoms with E-state index < -0.39 is 0 Å². The number of hydrogen-bond acceptors (Lipinski definition) is 5. The second-order valence-electron chi connectivity index (χ2n) is 4.39. The van der Waals surface area contributed by atoms with Gasteiger partial charge in [0.05, 0.1) is 0 Å². The third-order valence-corrected chi connectivity index (χ3v) is 3.07. The van der Waals surface area contributed by atoms with Crippen molar-refractivity contribution in [1.82, 2.24) is 24.7 Å². The van der Waals surface area contributed by atoms with Gasteiger partial charge in [-0.15, -0.1) is 5.10 Å². The number of nitrogen functional groups attached to an aromatic ring is 1. The molecular formula is C13H20N6. The number of anilines is 1.